The van der Waals surface area contributed by atoms with Gasteiger partial charge in [-0.1, -0.05) is 0 Å². The number of hydrogen-bond donors (Lipinski definition) is 6. The number of nitrogens with zero attached hydrogens (tertiary/aromatic N) is 4. The van der Waals surface area contributed by atoms with E-state index in [4.69, 9.17) is 65.0 Å². The van der Waals surface area contributed by atoms with Crippen molar-refractivity contribution in [3.05, 3.63) is 30.6 Å². The Kier molecular flexibility index (Phi) is 54.4. The van der Waals surface area contributed by atoms with E-state index in [0.29, 0.717) is 0 Å². The fraction of sp³-hybridized carbons (Fsp3) is 0.500. The van der Waals surface area contributed by atoms with E-state index in [9.17, 15) is 28.8 Å². The molecule has 0 unspecified atom stereocenters. The van der Waals surface area contributed by atoms with Gasteiger partial charge in [0.25, 0.3) is 0 Å². The second kappa shape index (κ2) is 35.6. The largest absolute Gasteiger partial charge is 2.00 e. The Bertz CT molecular complexity index is 599. The summed E-state index contributed by atoms with van der Waals surface area (Å²) in [5.74, 6) is -3.90. The molecule has 0 saturated heterocycles. The van der Waals surface area contributed by atoms with Gasteiger partial charge in [0.1, 0.15) is 0 Å². The topological polar surface area (TPSA) is 523 Å². The van der Waals surface area contributed by atoms with Crippen LogP contribution >= 0.6 is 0 Å². The van der Waals surface area contributed by atoms with Crippen molar-refractivity contribution in [2.75, 3.05) is 39.3 Å². The first-order valence-electron chi connectivity index (χ1n) is 8.07. The van der Waals surface area contributed by atoms with E-state index in [1.165, 1.54) is 9.80 Å². The van der Waals surface area contributed by atoms with Crippen LogP contribution in [0.3, 0.4) is 0 Å². The second-order valence-electron chi connectivity index (χ2n) is 5.54. The minimum Gasteiger partial charge on any atom is -0.412 e. The van der Waals surface area contributed by atoms with E-state index in [-0.39, 0.29) is 77.7 Å². The summed E-state index contributed by atoms with van der Waals surface area (Å²) < 4.78 is 0. The van der Waals surface area contributed by atoms with Crippen LogP contribution in [0.15, 0.2) is 0 Å². The zero-order valence-corrected chi connectivity index (χ0v) is 20.7. The van der Waals surface area contributed by atoms with E-state index in [1.807, 2.05) is 0 Å². The van der Waals surface area contributed by atoms with Crippen molar-refractivity contribution in [1.29, 1.82) is 0 Å². The molecule has 26 nitrogen and oxygen atoms in total. The van der Waals surface area contributed by atoms with Crippen LogP contribution in [-0.2, 0) is 45.3 Å². The number of amides is 6. The fourth-order valence-electron chi connectivity index (χ4n) is 1.66. The molecule has 0 atom stereocenters. The van der Waals surface area contributed by atoms with E-state index in [0.717, 1.165) is 0 Å². The van der Waals surface area contributed by atoms with Crippen molar-refractivity contribution in [2.45, 2.75) is 0 Å². The predicted octanol–water partition coefficient (Wildman–Crippen LogP) is -10.3. The molecule has 0 aromatic carbocycles. The Balaban J connectivity index is -0.0000000469. The van der Waals surface area contributed by atoms with Crippen molar-refractivity contribution < 1.29 is 77.3 Å². The molecule has 0 rings (SSSR count). The van der Waals surface area contributed by atoms with Gasteiger partial charge in [0.05, 0.1) is 49.4 Å². The van der Waals surface area contributed by atoms with Crippen LogP contribution in [0.1, 0.15) is 0 Å². The van der Waals surface area contributed by atoms with E-state index >= 15 is 0 Å². The number of carbonyl (C=O) groups excluding carboxylic acids is 6. The van der Waals surface area contributed by atoms with Crippen molar-refractivity contribution >= 4 is 35.4 Å². The van der Waals surface area contributed by atoms with Gasteiger partial charge in [-0.2, -0.15) is 0 Å². The van der Waals surface area contributed by atoms with Gasteiger partial charge in [-0.25, -0.2) is 0 Å². The van der Waals surface area contributed by atoms with Gasteiger partial charge in [0.2, 0.25) is 35.4 Å². The Morgan fingerprint density at radius 3 is 0.564 bits per heavy atom. The maximum atomic E-state index is 10.4. The molecule has 0 aromatic rings. The minimum atomic E-state index is -1.75. The van der Waals surface area contributed by atoms with E-state index in [1.54, 1.807) is 0 Å². The molecule has 0 aromatic heterocycles. The zero-order valence-electron chi connectivity index (χ0n) is 19.7. The standard InChI is InChI=1S/2C6H12N4O3.2NO3.Ni.4H2O/c2*7-4(11)1-10(2-5(8)12)3-6(9)13;2*2-1(3)4;;;;;/h2*1-3H2,(H2,7,11)(H2,8,12)(H2,9,13);;;;4*1H2/q;;2*-1;+2;;;;. The molecule has 0 aliphatic carbocycles. The van der Waals surface area contributed by atoms with Crippen LogP contribution in [0.5, 0.6) is 0 Å². The first-order chi connectivity index (χ1) is 15.3. The van der Waals surface area contributed by atoms with Gasteiger partial charge in [-0.05, 0) is 0 Å². The van der Waals surface area contributed by atoms with Gasteiger partial charge in [0, 0.05) is 0 Å². The Labute approximate surface area is 227 Å². The molecule has 0 aliphatic rings. The molecule has 39 heavy (non-hydrogen) atoms. The summed E-state index contributed by atoms with van der Waals surface area (Å²) in [6, 6.07) is 0. The number of carbonyl (C=O) groups is 6. The smallest absolute Gasteiger partial charge is 0.412 e. The summed E-state index contributed by atoms with van der Waals surface area (Å²) in [4.78, 5) is 81.5. The van der Waals surface area contributed by atoms with Gasteiger partial charge in [0.15, 0.2) is 0 Å². The average Bonchev–Trinajstić information content (AvgIpc) is 2.49. The number of nitrogens with two attached hydrogens (primary N) is 6. The Morgan fingerprint density at radius 1 is 0.436 bits per heavy atom. The minimum absolute atomic E-state index is 0. The van der Waals surface area contributed by atoms with Gasteiger partial charge in [-0.3, -0.25) is 38.6 Å². The first kappa shape index (κ1) is 59.5. The number of primary amides is 6. The predicted molar refractivity (Wildman–Crippen MR) is 123 cm³/mol. The van der Waals surface area contributed by atoms with Gasteiger partial charge >= 0.3 is 16.5 Å². The third-order valence-electron chi connectivity index (χ3n) is 2.28. The quantitative estimate of drug-likeness (QED) is 0.0662. The summed E-state index contributed by atoms with van der Waals surface area (Å²) in [6.45, 7) is -1.30. The molecule has 20 N–H and O–H groups in total. The van der Waals surface area contributed by atoms with Crippen molar-refractivity contribution in [3.63, 3.8) is 0 Å². The number of rotatable bonds is 12. The van der Waals surface area contributed by atoms with Crippen LogP contribution in [0.2, 0.25) is 0 Å². The molecule has 0 spiro atoms. The molecule has 0 heterocycles. The van der Waals surface area contributed by atoms with Crippen molar-refractivity contribution in [3.8, 4) is 0 Å². The van der Waals surface area contributed by atoms with Crippen molar-refractivity contribution in [1.82, 2.24) is 9.80 Å². The normalized spacial score (nSPS) is 7.85. The summed E-state index contributed by atoms with van der Waals surface area (Å²) in [7, 11) is 0. The molecular formula is C12H32N10NiO16. The third-order valence-corrected chi connectivity index (χ3v) is 2.28. The first-order valence-corrected chi connectivity index (χ1v) is 8.07. The molecule has 6 amide bonds. The van der Waals surface area contributed by atoms with Crippen LogP contribution in [0.4, 0.5) is 0 Å². The molecular weight excluding hydrogens is 599 g/mol. The summed E-state index contributed by atoms with van der Waals surface area (Å²) in [6.07, 6.45) is 0. The van der Waals surface area contributed by atoms with E-state index in [2.05, 4.69) is 0 Å². The molecule has 27 heteroatoms. The zero-order chi connectivity index (χ0) is 28.0. The third kappa shape index (κ3) is 87.4. The summed E-state index contributed by atoms with van der Waals surface area (Å²) >= 11 is 0. The van der Waals surface area contributed by atoms with Crippen molar-refractivity contribution in [2.24, 2.45) is 34.4 Å². The maximum absolute atomic E-state index is 10.4. The molecule has 0 aliphatic heterocycles. The average molecular weight is 631 g/mol. The van der Waals surface area contributed by atoms with Crippen LogP contribution in [-0.4, -0.2) is 117 Å². The molecule has 0 radical (unpaired) electrons. The molecule has 0 fully saturated rings. The second-order valence-corrected chi connectivity index (χ2v) is 5.54. The number of hydrogen-bond acceptors (Lipinski definition) is 14. The Hall–Kier alpha value is -4.53. The Morgan fingerprint density at radius 2 is 0.513 bits per heavy atom. The van der Waals surface area contributed by atoms with Gasteiger partial charge in [-0.15, -0.1) is 0 Å². The maximum Gasteiger partial charge on any atom is 2.00 e. The summed E-state index contributed by atoms with van der Waals surface area (Å²) in [5.41, 5.74) is 29.2. The monoisotopic (exact) mass is 630 g/mol. The molecule has 0 bridgehead atoms. The summed E-state index contributed by atoms with van der Waals surface area (Å²) in [5, 5.41) is 29.5. The van der Waals surface area contributed by atoms with E-state index < -0.39 is 45.6 Å². The fourth-order valence-corrected chi connectivity index (χ4v) is 1.66. The van der Waals surface area contributed by atoms with Crippen LogP contribution in [0, 0.1) is 30.6 Å². The van der Waals surface area contributed by atoms with Gasteiger partial charge < -0.3 is 86.9 Å². The molecule has 0 saturated carbocycles. The van der Waals surface area contributed by atoms with Crippen LogP contribution in [0.25, 0.3) is 0 Å². The molecule has 236 valence electrons. The SMILES string of the molecule is NC(=O)CN(CC(N)=O)CC(N)=O.NC(=O)CN(CC(N)=O)CC(N)=O.O.O.O.O.O=[N+]([O-])[O-].O=[N+]([O-])[O-].[Ni+2]. The van der Waals surface area contributed by atoms with Crippen LogP contribution < -0.4 is 34.4 Å².